The summed E-state index contributed by atoms with van der Waals surface area (Å²) in [5.41, 5.74) is 0. The lowest BCUT2D eigenvalue weighted by molar-refractivity contribution is -0.138. The molecule has 0 aromatic carbocycles. The van der Waals surface area contributed by atoms with E-state index >= 15 is 0 Å². The molecule has 0 saturated carbocycles. The Bertz CT molecular complexity index is 508. The van der Waals surface area contributed by atoms with Gasteiger partial charge < -0.3 is 19.6 Å². The Morgan fingerprint density at radius 3 is 2.62 bits per heavy atom. The van der Waals surface area contributed by atoms with Gasteiger partial charge in [-0.2, -0.15) is 0 Å². The molecule has 1 saturated heterocycles. The molecular weight excluding hydrogens is 308 g/mol. The molecule has 1 N–H and O–H groups in total. The number of nitrogens with zero attached hydrogens (tertiary/aromatic N) is 3. The Hall–Kier alpha value is -1.89. The van der Waals surface area contributed by atoms with E-state index in [1.165, 1.54) is 19.1 Å². The predicted octanol–water partition coefficient (Wildman–Crippen LogP) is 1.97. The zero-order valence-corrected chi connectivity index (χ0v) is 14.7. The summed E-state index contributed by atoms with van der Waals surface area (Å²) in [4.78, 5) is 29.0. The van der Waals surface area contributed by atoms with E-state index in [0.717, 1.165) is 32.5 Å². The van der Waals surface area contributed by atoms with Gasteiger partial charge in [0.1, 0.15) is 6.26 Å². The summed E-state index contributed by atoms with van der Waals surface area (Å²) in [6, 6.07) is 1.58. The number of carbonyl (C=O) groups is 2. The Kier molecular flexibility index (Phi) is 7.24. The van der Waals surface area contributed by atoms with Gasteiger partial charge >= 0.3 is 0 Å². The molecule has 2 heterocycles. The summed E-state index contributed by atoms with van der Waals surface area (Å²) in [6.45, 7) is 7.65. The predicted molar refractivity (Wildman–Crippen MR) is 91.5 cm³/mol. The van der Waals surface area contributed by atoms with Gasteiger partial charge in [-0.05, 0) is 38.8 Å². The van der Waals surface area contributed by atoms with Crippen LogP contribution < -0.4 is 5.32 Å². The molecule has 1 aliphatic rings. The summed E-state index contributed by atoms with van der Waals surface area (Å²) in [7, 11) is 0. The third-order valence-corrected chi connectivity index (χ3v) is 4.57. The first kappa shape index (κ1) is 18.4. The fraction of sp³-hybridized carbons (Fsp3) is 0.706. The van der Waals surface area contributed by atoms with Crippen LogP contribution in [0.1, 0.15) is 39.5 Å². The zero-order chi connectivity index (χ0) is 17.4. The first-order valence-electron chi connectivity index (χ1n) is 8.85. The van der Waals surface area contributed by atoms with Gasteiger partial charge in [0.15, 0.2) is 5.82 Å². The minimum atomic E-state index is -0.246. The molecule has 0 atom stereocenters. The number of carbonyl (C=O) groups excluding carboxylic acids is 2. The van der Waals surface area contributed by atoms with Gasteiger partial charge in [-0.15, -0.1) is 0 Å². The van der Waals surface area contributed by atoms with Gasteiger partial charge in [0.2, 0.25) is 11.8 Å². The van der Waals surface area contributed by atoms with E-state index in [-0.39, 0.29) is 24.3 Å². The molecule has 0 spiro atoms. The van der Waals surface area contributed by atoms with E-state index in [1.54, 1.807) is 11.0 Å². The van der Waals surface area contributed by atoms with Crippen LogP contribution in [0.4, 0.5) is 5.82 Å². The topological polar surface area (TPSA) is 78.7 Å². The highest BCUT2D eigenvalue weighted by molar-refractivity contribution is 5.94. The van der Waals surface area contributed by atoms with Crippen LogP contribution in [-0.2, 0) is 9.59 Å². The molecule has 0 bridgehead atoms. The summed E-state index contributed by atoms with van der Waals surface area (Å²) in [5, 5.41) is 6.33. The van der Waals surface area contributed by atoms with Crippen LogP contribution >= 0.6 is 0 Å². The van der Waals surface area contributed by atoms with E-state index < -0.39 is 0 Å². The summed E-state index contributed by atoms with van der Waals surface area (Å²) < 4.78 is 4.70. The monoisotopic (exact) mass is 336 g/mol. The molecule has 7 heteroatoms. The lowest BCUT2D eigenvalue weighted by atomic mass is 10.0. The molecule has 0 radical (unpaired) electrons. The van der Waals surface area contributed by atoms with Crippen molar-refractivity contribution in [2.45, 2.75) is 39.5 Å². The molecule has 24 heavy (non-hydrogen) atoms. The van der Waals surface area contributed by atoms with Crippen molar-refractivity contribution >= 4 is 17.6 Å². The van der Waals surface area contributed by atoms with Crippen molar-refractivity contribution in [3.63, 3.8) is 0 Å². The third-order valence-electron chi connectivity index (χ3n) is 4.57. The molecule has 0 unspecified atom stereocenters. The maximum absolute atomic E-state index is 12.7. The molecule has 0 aliphatic carbocycles. The molecular formula is C17H28N4O3. The van der Waals surface area contributed by atoms with Crippen molar-refractivity contribution in [1.29, 1.82) is 0 Å². The third kappa shape index (κ3) is 5.33. The maximum atomic E-state index is 12.7. The highest BCUT2D eigenvalue weighted by atomic mass is 16.5. The van der Waals surface area contributed by atoms with E-state index in [9.17, 15) is 9.59 Å². The standard InChI is InChI=1S/C17H28N4O3/c1-3-14(4-2)17(23)21(11-10-20-8-5-6-9-20)13-16(22)18-15-7-12-24-19-15/h7,12,14H,3-6,8-11,13H2,1-2H3,(H,18,19,22). The van der Waals surface area contributed by atoms with Crippen molar-refractivity contribution in [2.75, 3.05) is 38.0 Å². The van der Waals surface area contributed by atoms with Crippen LogP contribution in [0, 0.1) is 5.92 Å². The smallest absolute Gasteiger partial charge is 0.245 e. The first-order valence-corrected chi connectivity index (χ1v) is 8.85. The molecule has 2 amide bonds. The molecule has 7 nitrogen and oxygen atoms in total. The second-order valence-electron chi connectivity index (χ2n) is 6.25. The van der Waals surface area contributed by atoms with Gasteiger partial charge in [0, 0.05) is 25.1 Å². The minimum Gasteiger partial charge on any atom is -0.363 e. The Morgan fingerprint density at radius 1 is 1.33 bits per heavy atom. The lowest BCUT2D eigenvalue weighted by Crippen LogP contribution is -2.44. The minimum absolute atomic E-state index is 0.0246. The van der Waals surface area contributed by atoms with Gasteiger partial charge in [0.05, 0.1) is 6.54 Å². The van der Waals surface area contributed by atoms with Crippen LogP contribution in [0.5, 0.6) is 0 Å². The van der Waals surface area contributed by atoms with Crippen LogP contribution in [0.3, 0.4) is 0 Å². The van der Waals surface area contributed by atoms with Crippen LogP contribution in [0.15, 0.2) is 16.9 Å². The number of nitrogens with one attached hydrogen (secondary N) is 1. The Balaban J connectivity index is 1.94. The van der Waals surface area contributed by atoms with Crippen molar-refractivity contribution in [3.05, 3.63) is 12.3 Å². The number of hydrogen-bond donors (Lipinski definition) is 1. The van der Waals surface area contributed by atoms with Gasteiger partial charge in [-0.25, -0.2) is 0 Å². The highest BCUT2D eigenvalue weighted by Crippen LogP contribution is 2.13. The average molecular weight is 336 g/mol. The highest BCUT2D eigenvalue weighted by Gasteiger charge is 2.24. The Morgan fingerprint density at radius 2 is 2.04 bits per heavy atom. The lowest BCUT2D eigenvalue weighted by Gasteiger charge is -2.28. The average Bonchev–Trinajstić information content (AvgIpc) is 3.26. The second-order valence-corrected chi connectivity index (χ2v) is 6.25. The number of amides is 2. The number of rotatable bonds is 9. The summed E-state index contributed by atoms with van der Waals surface area (Å²) >= 11 is 0. The van der Waals surface area contributed by atoms with Crippen LogP contribution in [0.2, 0.25) is 0 Å². The van der Waals surface area contributed by atoms with Crippen LogP contribution in [-0.4, -0.2) is 59.5 Å². The zero-order valence-electron chi connectivity index (χ0n) is 14.7. The fourth-order valence-corrected chi connectivity index (χ4v) is 3.06. The first-order chi connectivity index (χ1) is 11.6. The van der Waals surface area contributed by atoms with E-state index in [0.29, 0.717) is 12.4 Å². The molecule has 1 fully saturated rings. The van der Waals surface area contributed by atoms with E-state index in [2.05, 4.69) is 15.4 Å². The number of aromatic nitrogens is 1. The summed E-state index contributed by atoms with van der Waals surface area (Å²) in [5.74, 6) is 0.164. The van der Waals surface area contributed by atoms with Crippen molar-refractivity contribution < 1.29 is 14.1 Å². The molecule has 1 aliphatic heterocycles. The maximum Gasteiger partial charge on any atom is 0.245 e. The number of likely N-dealkylation sites (tertiary alicyclic amines) is 1. The molecule has 1 aromatic heterocycles. The van der Waals surface area contributed by atoms with E-state index in [4.69, 9.17) is 4.52 Å². The van der Waals surface area contributed by atoms with Crippen molar-refractivity contribution in [2.24, 2.45) is 5.92 Å². The molecule has 1 aromatic rings. The van der Waals surface area contributed by atoms with Gasteiger partial charge in [-0.1, -0.05) is 19.0 Å². The van der Waals surface area contributed by atoms with Gasteiger partial charge in [-0.3, -0.25) is 9.59 Å². The Labute approximate surface area is 143 Å². The van der Waals surface area contributed by atoms with E-state index in [1.807, 2.05) is 13.8 Å². The quantitative estimate of drug-likeness (QED) is 0.746. The fourth-order valence-electron chi connectivity index (χ4n) is 3.06. The van der Waals surface area contributed by atoms with Crippen molar-refractivity contribution in [1.82, 2.24) is 15.0 Å². The van der Waals surface area contributed by atoms with Gasteiger partial charge in [0.25, 0.3) is 0 Å². The second kappa shape index (κ2) is 9.42. The van der Waals surface area contributed by atoms with Crippen LogP contribution in [0.25, 0.3) is 0 Å². The summed E-state index contributed by atoms with van der Waals surface area (Å²) in [6.07, 6.45) is 5.41. The normalized spacial score (nSPS) is 15.0. The SMILES string of the molecule is CCC(CC)C(=O)N(CCN1CCCC1)CC(=O)Nc1ccon1. The number of anilines is 1. The molecule has 2 rings (SSSR count). The van der Waals surface area contributed by atoms with Crippen molar-refractivity contribution in [3.8, 4) is 0 Å². The number of hydrogen-bond acceptors (Lipinski definition) is 5. The largest absolute Gasteiger partial charge is 0.363 e. The molecule has 134 valence electrons.